The minimum atomic E-state index is -0.130. The Hall–Kier alpha value is -2.34. The van der Waals surface area contributed by atoms with Crippen LogP contribution in [-0.4, -0.2) is 48.7 Å². The van der Waals surface area contributed by atoms with Crippen LogP contribution < -0.4 is 10.1 Å². The number of fused-ring (bicyclic) bond motifs is 1. The minimum Gasteiger partial charge on any atom is -0.496 e. The van der Waals surface area contributed by atoms with E-state index in [1.807, 2.05) is 24.3 Å². The van der Waals surface area contributed by atoms with Crippen LogP contribution in [0, 0.1) is 0 Å². The average molecular weight is 315 g/mol. The smallest absolute Gasteiger partial charge is 0.323 e. The van der Waals surface area contributed by atoms with Crippen LogP contribution >= 0.6 is 0 Å². The average Bonchev–Trinajstić information content (AvgIpc) is 2.98. The first-order valence-corrected chi connectivity index (χ1v) is 7.79. The Morgan fingerprint density at radius 2 is 2.35 bits per heavy atom. The van der Waals surface area contributed by atoms with E-state index < -0.39 is 0 Å². The number of methoxy groups -OCH3 is 1. The maximum atomic E-state index is 12.3. The molecule has 0 unspecified atom stereocenters. The largest absolute Gasteiger partial charge is 0.496 e. The van der Waals surface area contributed by atoms with Crippen LogP contribution in [0.3, 0.4) is 0 Å². The molecule has 3 rings (SSSR count). The third-order valence-corrected chi connectivity index (χ3v) is 4.20. The molecule has 2 heterocycles. The number of carbonyl (C=O) groups is 1. The van der Waals surface area contributed by atoms with Crippen molar-refractivity contribution < 1.29 is 14.6 Å². The van der Waals surface area contributed by atoms with Crippen LogP contribution in [0.25, 0.3) is 0 Å². The highest BCUT2D eigenvalue weighted by molar-refractivity contribution is 6.02. The molecule has 6 heteroatoms. The van der Waals surface area contributed by atoms with Crippen LogP contribution in [0.4, 0.5) is 10.5 Å². The third kappa shape index (κ3) is 3.37. The van der Waals surface area contributed by atoms with E-state index in [0.717, 1.165) is 23.4 Å². The molecule has 0 radical (unpaired) electrons. The van der Waals surface area contributed by atoms with Gasteiger partial charge in [0.05, 0.1) is 12.8 Å². The lowest BCUT2D eigenvalue weighted by Gasteiger charge is -2.26. The lowest BCUT2D eigenvalue weighted by atomic mass is 10.1. The highest BCUT2D eigenvalue weighted by Crippen LogP contribution is 2.33. The first-order chi connectivity index (χ1) is 11.2. The van der Waals surface area contributed by atoms with Crippen LogP contribution in [0.1, 0.15) is 18.4 Å². The van der Waals surface area contributed by atoms with Crippen molar-refractivity contribution in [1.29, 1.82) is 0 Å². The summed E-state index contributed by atoms with van der Waals surface area (Å²) in [6, 6.07) is 5.58. The maximum Gasteiger partial charge on any atom is 0.323 e. The van der Waals surface area contributed by atoms with Crippen LogP contribution in [0.5, 0.6) is 5.75 Å². The summed E-state index contributed by atoms with van der Waals surface area (Å²) < 4.78 is 5.34. The summed E-state index contributed by atoms with van der Waals surface area (Å²) in [4.78, 5) is 18.6. The molecule has 2 aliphatic rings. The first-order valence-electron chi connectivity index (χ1n) is 7.79. The molecule has 0 saturated heterocycles. The lowest BCUT2D eigenvalue weighted by Crippen LogP contribution is -2.44. The summed E-state index contributed by atoms with van der Waals surface area (Å²) in [5.41, 5.74) is 3.07. The number of rotatable bonds is 3. The van der Waals surface area contributed by atoms with E-state index in [1.165, 1.54) is 5.57 Å². The standard InChI is InChI=1S/C17H21N3O3/c1-23-15-4-2-3-14-13(15)11-16(18-14)19-17(22)20-8-5-12(6-9-20)7-10-21/h2-5,21H,6-11H2,1H3,(H,18,19,22). The summed E-state index contributed by atoms with van der Waals surface area (Å²) >= 11 is 0. The van der Waals surface area contributed by atoms with E-state index in [0.29, 0.717) is 31.8 Å². The van der Waals surface area contributed by atoms with Gasteiger partial charge in [-0.2, -0.15) is 0 Å². The van der Waals surface area contributed by atoms with Gasteiger partial charge in [0.25, 0.3) is 0 Å². The first kappa shape index (κ1) is 15.6. The number of nitrogens with one attached hydrogen (secondary N) is 1. The molecule has 122 valence electrons. The fraction of sp³-hybridized carbons (Fsp3) is 0.412. The Morgan fingerprint density at radius 1 is 1.48 bits per heavy atom. The van der Waals surface area contributed by atoms with E-state index in [2.05, 4.69) is 10.3 Å². The van der Waals surface area contributed by atoms with E-state index in [1.54, 1.807) is 12.0 Å². The minimum absolute atomic E-state index is 0.130. The number of amides is 2. The number of nitrogens with zero attached hydrogens (tertiary/aromatic N) is 2. The topological polar surface area (TPSA) is 74.2 Å². The van der Waals surface area contributed by atoms with Gasteiger partial charge in [0.15, 0.2) is 0 Å². The fourth-order valence-electron chi connectivity index (χ4n) is 2.92. The normalized spacial score (nSPS) is 16.5. The Bertz CT molecular complexity index is 667. The Morgan fingerprint density at radius 3 is 3.04 bits per heavy atom. The fourth-order valence-corrected chi connectivity index (χ4v) is 2.92. The molecule has 0 atom stereocenters. The molecule has 2 aliphatic heterocycles. The van der Waals surface area contributed by atoms with Crippen molar-refractivity contribution in [2.24, 2.45) is 4.99 Å². The number of urea groups is 1. The summed E-state index contributed by atoms with van der Waals surface area (Å²) in [6.07, 6.45) is 4.10. The monoisotopic (exact) mass is 315 g/mol. The summed E-state index contributed by atoms with van der Waals surface area (Å²) in [7, 11) is 1.64. The molecule has 0 spiro atoms. The number of aliphatic hydroxyl groups excluding tert-OH is 1. The van der Waals surface area contributed by atoms with Gasteiger partial charge in [-0.05, 0) is 25.0 Å². The summed E-state index contributed by atoms with van der Waals surface area (Å²) in [6.45, 7) is 1.40. The number of hydrogen-bond donors (Lipinski definition) is 2. The number of hydrogen-bond acceptors (Lipinski definition) is 4. The van der Waals surface area contributed by atoms with Crippen molar-refractivity contribution in [1.82, 2.24) is 10.2 Å². The molecule has 0 saturated carbocycles. The highest BCUT2D eigenvalue weighted by Gasteiger charge is 2.23. The maximum absolute atomic E-state index is 12.3. The number of aliphatic imine (C=N–C) groups is 1. The predicted molar refractivity (Wildman–Crippen MR) is 88.3 cm³/mol. The van der Waals surface area contributed by atoms with E-state index in [-0.39, 0.29) is 12.6 Å². The molecular formula is C17H21N3O3. The Labute approximate surface area is 135 Å². The molecule has 0 aromatic heterocycles. The van der Waals surface area contributed by atoms with Gasteiger partial charge in [0, 0.05) is 31.7 Å². The van der Waals surface area contributed by atoms with E-state index >= 15 is 0 Å². The number of aliphatic hydroxyl groups is 1. The number of benzene rings is 1. The second-order valence-corrected chi connectivity index (χ2v) is 5.66. The van der Waals surface area contributed by atoms with E-state index in [9.17, 15) is 4.79 Å². The zero-order valence-electron chi connectivity index (χ0n) is 13.2. The Balaban J connectivity index is 1.60. The molecule has 6 nitrogen and oxygen atoms in total. The van der Waals surface area contributed by atoms with Gasteiger partial charge in [0.2, 0.25) is 0 Å². The van der Waals surface area contributed by atoms with Gasteiger partial charge >= 0.3 is 6.03 Å². The number of amidine groups is 1. The molecular weight excluding hydrogens is 294 g/mol. The van der Waals surface area contributed by atoms with Crippen molar-refractivity contribution in [2.75, 3.05) is 26.8 Å². The summed E-state index contributed by atoms with van der Waals surface area (Å²) in [5, 5.41) is 11.8. The molecule has 0 fully saturated rings. The van der Waals surface area contributed by atoms with Crippen molar-refractivity contribution in [3.63, 3.8) is 0 Å². The van der Waals surface area contributed by atoms with E-state index in [4.69, 9.17) is 9.84 Å². The predicted octanol–water partition coefficient (Wildman–Crippen LogP) is 2.01. The second-order valence-electron chi connectivity index (χ2n) is 5.66. The number of ether oxygens (including phenoxy) is 1. The van der Waals surface area contributed by atoms with Gasteiger partial charge in [-0.25, -0.2) is 9.79 Å². The second kappa shape index (κ2) is 6.83. The van der Waals surface area contributed by atoms with Crippen molar-refractivity contribution in [2.45, 2.75) is 19.3 Å². The van der Waals surface area contributed by atoms with Gasteiger partial charge in [-0.15, -0.1) is 0 Å². The molecule has 1 aromatic rings. The molecule has 1 aromatic carbocycles. The van der Waals surface area contributed by atoms with Crippen molar-refractivity contribution in [3.05, 3.63) is 35.4 Å². The zero-order valence-corrected chi connectivity index (χ0v) is 13.2. The van der Waals surface area contributed by atoms with Crippen molar-refractivity contribution in [3.8, 4) is 5.75 Å². The lowest BCUT2D eigenvalue weighted by molar-refractivity contribution is 0.206. The molecule has 0 aliphatic carbocycles. The van der Waals surface area contributed by atoms with Crippen LogP contribution in [0.2, 0.25) is 0 Å². The quantitative estimate of drug-likeness (QED) is 0.838. The molecule has 23 heavy (non-hydrogen) atoms. The summed E-state index contributed by atoms with van der Waals surface area (Å²) in [5.74, 6) is 1.45. The zero-order chi connectivity index (χ0) is 16.2. The molecule has 2 amide bonds. The van der Waals surface area contributed by atoms with Gasteiger partial charge in [-0.3, -0.25) is 5.32 Å². The third-order valence-electron chi connectivity index (χ3n) is 4.20. The SMILES string of the molecule is COc1cccc2c1CC(NC(=O)N1CC=C(CCO)CC1)=N2. The van der Waals surface area contributed by atoms with Crippen molar-refractivity contribution >= 4 is 17.6 Å². The number of carbonyl (C=O) groups excluding carboxylic acids is 1. The Kier molecular flexibility index (Phi) is 4.62. The highest BCUT2D eigenvalue weighted by atomic mass is 16.5. The van der Waals surface area contributed by atoms with Crippen LogP contribution in [0.15, 0.2) is 34.8 Å². The van der Waals surface area contributed by atoms with Gasteiger partial charge in [0.1, 0.15) is 11.6 Å². The molecule has 0 bridgehead atoms. The van der Waals surface area contributed by atoms with Gasteiger partial charge < -0.3 is 14.7 Å². The van der Waals surface area contributed by atoms with Crippen LogP contribution in [-0.2, 0) is 6.42 Å². The van der Waals surface area contributed by atoms with Gasteiger partial charge in [-0.1, -0.05) is 17.7 Å². The molecule has 2 N–H and O–H groups in total.